The van der Waals surface area contributed by atoms with Crippen molar-refractivity contribution in [2.45, 2.75) is 37.3 Å². The van der Waals surface area contributed by atoms with Crippen LogP contribution in [0.25, 0.3) is 0 Å². The van der Waals surface area contributed by atoms with E-state index in [1.54, 1.807) is 12.1 Å². The molecule has 0 unspecified atom stereocenters. The summed E-state index contributed by atoms with van der Waals surface area (Å²) in [6.07, 6.45) is 4.16. The molecule has 0 amide bonds. The minimum atomic E-state index is -0.429. The topological polar surface area (TPSA) is 64.8 Å². The highest BCUT2D eigenvalue weighted by molar-refractivity contribution is 5.52. The summed E-state index contributed by atoms with van der Waals surface area (Å²) in [7, 11) is 0. The number of benzene rings is 2. The van der Waals surface area contributed by atoms with Crippen molar-refractivity contribution in [3.8, 4) is 17.6 Å². The molecule has 31 heavy (non-hydrogen) atoms. The van der Waals surface area contributed by atoms with Crippen LogP contribution in [-0.4, -0.2) is 41.9 Å². The Balaban J connectivity index is 1.63. The maximum atomic E-state index is 11.5. The summed E-state index contributed by atoms with van der Waals surface area (Å²) in [6.45, 7) is 3.06. The van der Waals surface area contributed by atoms with Gasteiger partial charge in [-0.05, 0) is 31.0 Å². The van der Waals surface area contributed by atoms with Gasteiger partial charge in [0.15, 0.2) is 5.72 Å². The molecule has 6 nitrogen and oxygen atoms in total. The Hall–Kier alpha value is -2.88. The third kappa shape index (κ3) is 3.69. The lowest BCUT2D eigenvalue weighted by atomic mass is 9.68. The van der Waals surface area contributed by atoms with Gasteiger partial charge in [-0.3, -0.25) is 15.0 Å². The van der Waals surface area contributed by atoms with Gasteiger partial charge in [0.25, 0.3) is 5.69 Å². The van der Waals surface area contributed by atoms with Crippen LogP contribution >= 0.6 is 0 Å². The molecule has 1 aliphatic carbocycles. The second kappa shape index (κ2) is 8.33. The monoisotopic (exact) mass is 418 g/mol. The number of fused-ring (bicyclic) bond motifs is 2. The summed E-state index contributed by atoms with van der Waals surface area (Å²) >= 11 is 0. The second-order valence-corrected chi connectivity index (χ2v) is 8.49. The van der Waals surface area contributed by atoms with E-state index in [1.165, 1.54) is 6.07 Å². The molecule has 2 aliphatic heterocycles. The predicted molar refractivity (Wildman–Crippen MR) is 117 cm³/mol. The predicted octanol–water partition coefficient (Wildman–Crippen LogP) is 4.34. The normalized spacial score (nSPS) is 27.7. The van der Waals surface area contributed by atoms with E-state index in [2.05, 4.69) is 16.7 Å². The van der Waals surface area contributed by atoms with E-state index in [9.17, 15) is 10.1 Å². The SMILES string of the molecule is O=[N+]([O-])c1ccc2c(c1)[C@H](C#Cc1ccccc1)[C@H]1CCCC[C@@]1(N1CCOCC1)O2. The largest absolute Gasteiger partial charge is 0.472 e. The van der Waals surface area contributed by atoms with E-state index in [4.69, 9.17) is 9.47 Å². The molecule has 1 saturated carbocycles. The molecule has 0 spiro atoms. The molecule has 6 heteroatoms. The van der Waals surface area contributed by atoms with Crippen molar-refractivity contribution >= 4 is 5.69 Å². The lowest BCUT2D eigenvalue weighted by molar-refractivity contribution is -0.385. The van der Waals surface area contributed by atoms with E-state index in [0.717, 1.165) is 55.6 Å². The van der Waals surface area contributed by atoms with E-state index >= 15 is 0 Å². The maximum absolute atomic E-state index is 11.5. The lowest BCUT2D eigenvalue weighted by Gasteiger charge is -2.55. The van der Waals surface area contributed by atoms with Crippen LogP contribution in [0.3, 0.4) is 0 Å². The van der Waals surface area contributed by atoms with Gasteiger partial charge >= 0.3 is 0 Å². The minimum absolute atomic E-state index is 0.0866. The first kappa shape index (κ1) is 20.0. The molecular weight excluding hydrogens is 392 g/mol. The fraction of sp³-hybridized carbons (Fsp3) is 0.440. The van der Waals surface area contributed by atoms with Crippen LogP contribution in [0.2, 0.25) is 0 Å². The van der Waals surface area contributed by atoms with Crippen LogP contribution in [0.15, 0.2) is 48.5 Å². The van der Waals surface area contributed by atoms with E-state index in [0.29, 0.717) is 13.2 Å². The quantitative estimate of drug-likeness (QED) is 0.412. The van der Waals surface area contributed by atoms with Crippen LogP contribution in [0, 0.1) is 27.9 Å². The average Bonchev–Trinajstić information content (AvgIpc) is 2.82. The molecule has 2 aromatic carbocycles. The summed E-state index contributed by atoms with van der Waals surface area (Å²) in [5.41, 5.74) is 1.45. The van der Waals surface area contributed by atoms with Crippen molar-refractivity contribution in [1.82, 2.24) is 4.90 Å². The second-order valence-electron chi connectivity index (χ2n) is 8.49. The van der Waals surface area contributed by atoms with Gasteiger partial charge in [-0.1, -0.05) is 36.5 Å². The van der Waals surface area contributed by atoms with E-state index < -0.39 is 5.72 Å². The summed E-state index contributed by atoms with van der Waals surface area (Å²) < 4.78 is 12.4. The highest BCUT2D eigenvalue weighted by Crippen LogP contribution is 2.53. The van der Waals surface area contributed by atoms with E-state index in [-0.39, 0.29) is 22.4 Å². The molecule has 2 fully saturated rings. The molecule has 160 valence electrons. The molecule has 3 atom stereocenters. The molecule has 2 heterocycles. The van der Waals surface area contributed by atoms with Crippen LogP contribution in [0.5, 0.6) is 5.75 Å². The summed E-state index contributed by atoms with van der Waals surface area (Å²) in [6, 6.07) is 14.9. The van der Waals surface area contributed by atoms with Gasteiger partial charge < -0.3 is 9.47 Å². The number of hydrogen-bond donors (Lipinski definition) is 0. The molecule has 0 bridgehead atoms. The Morgan fingerprint density at radius 3 is 2.68 bits per heavy atom. The van der Waals surface area contributed by atoms with Crippen molar-refractivity contribution in [3.63, 3.8) is 0 Å². The molecule has 2 aromatic rings. The average molecular weight is 418 g/mol. The van der Waals surface area contributed by atoms with Gasteiger partial charge in [0.1, 0.15) is 5.75 Å². The summed E-state index contributed by atoms with van der Waals surface area (Å²) in [5.74, 6) is 7.61. The number of non-ortho nitro benzene ring substituents is 1. The number of nitrogens with zero attached hydrogens (tertiary/aromatic N) is 2. The summed E-state index contributed by atoms with van der Waals surface area (Å²) in [4.78, 5) is 13.6. The molecule has 1 saturated heterocycles. The standard InChI is InChI=1S/C25H26N2O4/c28-27(29)20-10-12-24-22(18-20)21(11-9-19-6-2-1-3-7-19)23-8-4-5-13-25(23,31-24)26-14-16-30-17-15-26/h1-3,6-7,10,12,18,21,23H,4-5,8,13-17H2/t21-,23+,25+/m0/s1. The van der Waals surface area contributed by atoms with Gasteiger partial charge in [0.05, 0.1) is 24.1 Å². The first-order valence-corrected chi connectivity index (χ1v) is 11.0. The van der Waals surface area contributed by atoms with Crippen molar-refractivity contribution in [2.75, 3.05) is 26.3 Å². The number of nitro groups is 1. The van der Waals surface area contributed by atoms with Crippen LogP contribution < -0.4 is 4.74 Å². The zero-order valence-electron chi connectivity index (χ0n) is 17.5. The fourth-order valence-corrected chi connectivity index (χ4v) is 5.36. The van der Waals surface area contributed by atoms with Crippen molar-refractivity contribution < 1.29 is 14.4 Å². The molecular formula is C25H26N2O4. The van der Waals surface area contributed by atoms with E-state index in [1.807, 2.05) is 30.3 Å². The van der Waals surface area contributed by atoms with Crippen molar-refractivity contribution in [3.05, 3.63) is 69.8 Å². The molecule has 0 N–H and O–H groups in total. The maximum Gasteiger partial charge on any atom is 0.270 e. The molecule has 3 aliphatic rings. The molecule has 0 aromatic heterocycles. The Morgan fingerprint density at radius 1 is 1.10 bits per heavy atom. The highest BCUT2D eigenvalue weighted by Gasteiger charge is 2.54. The first-order chi connectivity index (χ1) is 15.2. The third-order valence-electron chi connectivity index (χ3n) is 6.80. The zero-order valence-corrected chi connectivity index (χ0v) is 17.5. The number of morpholine rings is 1. The Bertz CT molecular complexity index is 1020. The van der Waals surface area contributed by atoms with Crippen molar-refractivity contribution in [2.24, 2.45) is 5.92 Å². The van der Waals surface area contributed by atoms with Crippen LogP contribution in [0.4, 0.5) is 5.69 Å². The van der Waals surface area contributed by atoms with Gasteiger partial charge in [0, 0.05) is 48.7 Å². The molecule has 0 radical (unpaired) electrons. The molecule has 5 rings (SSSR count). The third-order valence-corrected chi connectivity index (χ3v) is 6.80. The van der Waals surface area contributed by atoms with Gasteiger partial charge in [-0.15, -0.1) is 0 Å². The van der Waals surface area contributed by atoms with Gasteiger partial charge in [-0.2, -0.15) is 0 Å². The highest BCUT2D eigenvalue weighted by atomic mass is 16.6. The summed E-state index contributed by atoms with van der Waals surface area (Å²) in [5, 5.41) is 11.5. The number of rotatable bonds is 2. The van der Waals surface area contributed by atoms with Crippen LogP contribution in [0.1, 0.15) is 42.7 Å². The number of hydrogen-bond acceptors (Lipinski definition) is 5. The Labute approximate surface area is 182 Å². The fourth-order valence-electron chi connectivity index (χ4n) is 5.36. The lowest BCUT2D eigenvalue weighted by Crippen LogP contribution is -2.64. The Kier molecular flexibility index (Phi) is 5.39. The van der Waals surface area contributed by atoms with Crippen molar-refractivity contribution in [1.29, 1.82) is 0 Å². The zero-order chi connectivity index (χ0) is 21.3. The van der Waals surface area contributed by atoms with Gasteiger partial charge in [-0.25, -0.2) is 0 Å². The number of ether oxygens (including phenoxy) is 2. The Morgan fingerprint density at radius 2 is 1.90 bits per heavy atom. The first-order valence-electron chi connectivity index (χ1n) is 11.0. The van der Waals surface area contributed by atoms with Crippen LogP contribution in [-0.2, 0) is 4.74 Å². The van der Waals surface area contributed by atoms with Gasteiger partial charge in [0.2, 0.25) is 0 Å². The number of nitro benzene ring substituents is 1. The minimum Gasteiger partial charge on any atom is -0.472 e. The smallest absolute Gasteiger partial charge is 0.270 e.